The van der Waals surface area contributed by atoms with Crippen LogP contribution in [0.2, 0.25) is 0 Å². The van der Waals surface area contributed by atoms with Crippen LogP contribution >= 0.6 is 0 Å². The minimum Gasteiger partial charge on any atom is -0.448 e. The van der Waals surface area contributed by atoms with Gasteiger partial charge in [0.25, 0.3) is 0 Å². The summed E-state index contributed by atoms with van der Waals surface area (Å²) in [6.45, 7) is 2.20. The Balaban J connectivity index is 1.38. The number of hydrogen-bond donors (Lipinski definition) is 1. The lowest BCUT2D eigenvalue weighted by Crippen LogP contribution is -2.31. The van der Waals surface area contributed by atoms with Crippen molar-refractivity contribution >= 4 is 12.0 Å². The van der Waals surface area contributed by atoms with Crippen LogP contribution in [0.3, 0.4) is 0 Å². The maximum absolute atomic E-state index is 13.2. The first kappa shape index (κ1) is 14.8. The smallest absolute Gasteiger partial charge is 0.409 e. The van der Waals surface area contributed by atoms with Crippen LogP contribution in [-0.2, 0) is 9.53 Å². The molecular weight excluding hydrogens is 287 g/mol. The van der Waals surface area contributed by atoms with Gasteiger partial charge < -0.3 is 15.0 Å². The Morgan fingerprint density at radius 1 is 1.45 bits per heavy atom. The van der Waals surface area contributed by atoms with E-state index in [1.165, 1.54) is 12.1 Å². The van der Waals surface area contributed by atoms with E-state index in [0.29, 0.717) is 32.7 Å². The van der Waals surface area contributed by atoms with E-state index in [1.54, 1.807) is 11.0 Å². The van der Waals surface area contributed by atoms with Crippen molar-refractivity contribution in [2.24, 2.45) is 5.92 Å². The third-order valence-electron chi connectivity index (χ3n) is 4.15. The minimum absolute atomic E-state index is 0.0123. The number of benzene rings is 1. The molecule has 6 heteroatoms. The summed E-state index contributed by atoms with van der Waals surface area (Å²) in [7, 11) is 0. The highest BCUT2D eigenvalue weighted by Crippen LogP contribution is 2.47. The molecule has 1 heterocycles. The molecule has 118 valence electrons. The molecule has 0 radical (unpaired) electrons. The Morgan fingerprint density at radius 2 is 2.32 bits per heavy atom. The van der Waals surface area contributed by atoms with Crippen molar-refractivity contribution in [1.82, 2.24) is 10.2 Å². The largest absolute Gasteiger partial charge is 0.448 e. The van der Waals surface area contributed by atoms with Crippen molar-refractivity contribution in [3.8, 4) is 0 Å². The van der Waals surface area contributed by atoms with Crippen molar-refractivity contribution in [2.75, 3.05) is 26.2 Å². The fourth-order valence-electron chi connectivity index (χ4n) is 2.83. The summed E-state index contributed by atoms with van der Waals surface area (Å²) >= 11 is 0. The number of rotatable bonds is 6. The number of nitrogens with zero attached hydrogens (tertiary/aromatic N) is 1. The van der Waals surface area contributed by atoms with Crippen molar-refractivity contribution in [1.29, 1.82) is 0 Å². The van der Waals surface area contributed by atoms with Gasteiger partial charge >= 0.3 is 6.09 Å². The van der Waals surface area contributed by atoms with Crippen LogP contribution in [-0.4, -0.2) is 43.1 Å². The van der Waals surface area contributed by atoms with Crippen LogP contribution in [0, 0.1) is 11.7 Å². The third-order valence-corrected chi connectivity index (χ3v) is 4.15. The number of carbonyl (C=O) groups excluding carboxylic acids is 2. The zero-order valence-corrected chi connectivity index (χ0v) is 12.3. The van der Waals surface area contributed by atoms with Gasteiger partial charge in [0.1, 0.15) is 12.4 Å². The monoisotopic (exact) mass is 306 g/mol. The maximum atomic E-state index is 13.2. The van der Waals surface area contributed by atoms with Gasteiger partial charge in [-0.05, 0) is 36.5 Å². The highest BCUT2D eigenvalue weighted by Gasteiger charge is 2.43. The molecule has 2 unspecified atom stereocenters. The highest BCUT2D eigenvalue weighted by molar-refractivity contribution is 5.82. The van der Waals surface area contributed by atoms with Gasteiger partial charge in [0, 0.05) is 19.0 Å². The molecule has 0 bridgehead atoms. The number of hydrogen-bond acceptors (Lipinski definition) is 3. The number of carbonyl (C=O) groups is 2. The van der Waals surface area contributed by atoms with E-state index in [9.17, 15) is 14.0 Å². The lowest BCUT2D eigenvalue weighted by atomic mass is 10.1. The standard InChI is InChI=1S/C16H19FN2O3/c17-12-4-1-3-11(9-12)13-10-14(13)15(20)18-5-2-6-19-7-8-22-16(19)21/h1,3-4,9,13-14H,2,5-8,10H2,(H,18,20). The van der Waals surface area contributed by atoms with Gasteiger partial charge in [0.05, 0.1) is 6.54 Å². The zero-order chi connectivity index (χ0) is 15.5. The molecule has 2 atom stereocenters. The van der Waals surface area contributed by atoms with Crippen LogP contribution in [0.5, 0.6) is 0 Å². The molecule has 1 N–H and O–H groups in total. The molecule has 2 amide bonds. The first-order valence-electron chi connectivity index (χ1n) is 7.60. The number of halogens is 1. The highest BCUT2D eigenvalue weighted by atomic mass is 19.1. The summed E-state index contributed by atoms with van der Waals surface area (Å²) in [5.41, 5.74) is 0.889. The molecule has 1 aromatic rings. The van der Waals surface area contributed by atoms with E-state index >= 15 is 0 Å². The minimum atomic E-state index is -0.278. The van der Waals surface area contributed by atoms with E-state index in [2.05, 4.69) is 5.32 Å². The fraction of sp³-hybridized carbons (Fsp3) is 0.500. The quantitative estimate of drug-likeness (QED) is 0.817. The Morgan fingerprint density at radius 3 is 3.05 bits per heavy atom. The second-order valence-corrected chi connectivity index (χ2v) is 5.75. The molecule has 1 saturated heterocycles. The number of cyclic esters (lactones) is 1. The number of ether oxygens (including phenoxy) is 1. The lowest BCUT2D eigenvalue weighted by molar-refractivity contribution is -0.122. The van der Waals surface area contributed by atoms with E-state index in [-0.39, 0.29) is 29.7 Å². The molecule has 1 aliphatic heterocycles. The topological polar surface area (TPSA) is 58.6 Å². The summed E-state index contributed by atoms with van der Waals surface area (Å²) in [6, 6.07) is 6.44. The molecule has 3 rings (SSSR count). The average Bonchev–Trinajstić information content (AvgIpc) is 3.21. The van der Waals surface area contributed by atoms with Crippen molar-refractivity contribution in [2.45, 2.75) is 18.8 Å². The molecule has 22 heavy (non-hydrogen) atoms. The van der Waals surface area contributed by atoms with Gasteiger partial charge in [0.15, 0.2) is 0 Å². The van der Waals surface area contributed by atoms with E-state index in [1.807, 2.05) is 6.07 Å². The molecule has 0 aromatic heterocycles. The van der Waals surface area contributed by atoms with Crippen LogP contribution in [0.25, 0.3) is 0 Å². The predicted molar refractivity (Wildman–Crippen MR) is 77.8 cm³/mol. The summed E-state index contributed by atoms with van der Waals surface area (Å²) in [5, 5.41) is 2.89. The predicted octanol–water partition coefficient (Wildman–Crippen LogP) is 1.89. The van der Waals surface area contributed by atoms with E-state index in [4.69, 9.17) is 4.74 Å². The van der Waals surface area contributed by atoms with Crippen LogP contribution in [0.1, 0.15) is 24.3 Å². The average molecular weight is 306 g/mol. The van der Waals surface area contributed by atoms with Gasteiger partial charge in [-0.1, -0.05) is 12.1 Å². The van der Waals surface area contributed by atoms with E-state index in [0.717, 1.165) is 12.0 Å². The Labute approximate surface area is 128 Å². The molecule has 0 spiro atoms. The molecule has 1 aromatic carbocycles. The fourth-order valence-corrected chi connectivity index (χ4v) is 2.83. The van der Waals surface area contributed by atoms with Gasteiger partial charge in [-0.2, -0.15) is 0 Å². The molecule has 2 aliphatic rings. The summed E-state index contributed by atoms with van der Waals surface area (Å²) in [5.74, 6) is -0.179. The van der Waals surface area contributed by atoms with Crippen molar-refractivity contribution < 1.29 is 18.7 Å². The molecular formula is C16H19FN2O3. The summed E-state index contributed by atoms with van der Waals surface area (Å²) in [6.07, 6.45) is 1.20. The van der Waals surface area contributed by atoms with E-state index < -0.39 is 0 Å². The van der Waals surface area contributed by atoms with Crippen LogP contribution in [0.15, 0.2) is 24.3 Å². The molecule has 2 fully saturated rings. The molecule has 1 saturated carbocycles. The van der Waals surface area contributed by atoms with Crippen molar-refractivity contribution in [3.63, 3.8) is 0 Å². The summed E-state index contributed by atoms with van der Waals surface area (Å²) in [4.78, 5) is 24.9. The van der Waals surface area contributed by atoms with Gasteiger partial charge in [-0.3, -0.25) is 4.79 Å². The van der Waals surface area contributed by atoms with Crippen LogP contribution < -0.4 is 5.32 Å². The maximum Gasteiger partial charge on any atom is 0.409 e. The molecule has 5 nitrogen and oxygen atoms in total. The normalized spacial score (nSPS) is 23.3. The first-order chi connectivity index (χ1) is 10.6. The Hall–Kier alpha value is -2.11. The summed E-state index contributed by atoms with van der Waals surface area (Å²) < 4.78 is 18.0. The number of nitrogens with one attached hydrogen (secondary N) is 1. The second-order valence-electron chi connectivity index (χ2n) is 5.75. The second kappa shape index (κ2) is 6.34. The van der Waals surface area contributed by atoms with Crippen molar-refractivity contribution in [3.05, 3.63) is 35.6 Å². The Bertz CT molecular complexity index is 578. The van der Waals surface area contributed by atoms with Gasteiger partial charge in [0.2, 0.25) is 5.91 Å². The SMILES string of the molecule is O=C(NCCCN1CCOC1=O)C1CC1c1cccc(F)c1. The van der Waals surface area contributed by atoms with Gasteiger partial charge in [-0.25, -0.2) is 9.18 Å². The lowest BCUT2D eigenvalue weighted by Gasteiger charge is -2.12. The Kier molecular flexibility index (Phi) is 4.27. The zero-order valence-electron chi connectivity index (χ0n) is 12.3. The molecule has 1 aliphatic carbocycles. The van der Waals surface area contributed by atoms with Gasteiger partial charge in [-0.15, -0.1) is 0 Å². The van der Waals surface area contributed by atoms with Crippen LogP contribution in [0.4, 0.5) is 9.18 Å². The third kappa shape index (κ3) is 3.37. The first-order valence-corrected chi connectivity index (χ1v) is 7.60. The number of amides is 2.